The lowest BCUT2D eigenvalue weighted by Crippen LogP contribution is -2.34. The summed E-state index contributed by atoms with van der Waals surface area (Å²) in [5, 5.41) is 11.8. The largest absolute Gasteiger partial charge is 0.350 e. The van der Waals surface area contributed by atoms with Gasteiger partial charge in [-0.1, -0.05) is 0 Å². The highest BCUT2D eigenvalue weighted by Gasteiger charge is 2.10. The summed E-state index contributed by atoms with van der Waals surface area (Å²) in [7, 11) is 0. The Morgan fingerprint density at radius 2 is 2.31 bits per heavy atom. The Morgan fingerprint density at radius 3 is 2.85 bits per heavy atom. The van der Waals surface area contributed by atoms with E-state index in [1.807, 2.05) is 13.8 Å². The van der Waals surface area contributed by atoms with Crippen LogP contribution in [-0.2, 0) is 0 Å². The molecule has 70 valence electrons. The summed E-state index contributed by atoms with van der Waals surface area (Å²) in [6, 6.07) is 3.35. The molecule has 2 N–H and O–H groups in total. The van der Waals surface area contributed by atoms with Gasteiger partial charge in [-0.3, -0.25) is 10.0 Å². The molecule has 1 aromatic heterocycles. The molecule has 0 bridgehead atoms. The van der Waals surface area contributed by atoms with E-state index < -0.39 is 0 Å². The molecule has 1 rings (SSSR count). The van der Waals surface area contributed by atoms with Crippen molar-refractivity contribution in [3.8, 4) is 0 Å². The Hall–Kier alpha value is -1.58. The third-order valence-corrected chi connectivity index (χ3v) is 1.47. The Bertz CT molecular complexity index is 310. The van der Waals surface area contributed by atoms with Crippen LogP contribution >= 0.6 is 0 Å². The molecule has 0 unspecified atom stereocenters. The zero-order chi connectivity index (χ0) is 9.84. The highest BCUT2D eigenvalue weighted by molar-refractivity contribution is 5.93. The van der Waals surface area contributed by atoms with Gasteiger partial charge in [-0.05, 0) is 19.9 Å². The number of hydrogen-bond acceptors (Lipinski definition) is 2. The molecule has 0 saturated carbocycles. The Kier molecular flexibility index (Phi) is 2.84. The van der Waals surface area contributed by atoms with E-state index in [9.17, 15) is 4.79 Å². The number of pyridine rings is 1. The second-order valence-corrected chi connectivity index (χ2v) is 3.10. The van der Waals surface area contributed by atoms with E-state index in [4.69, 9.17) is 5.21 Å². The lowest BCUT2D eigenvalue weighted by molar-refractivity contribution is -0.904. The van der Waals surface area contributed by atoms with E-state index >= 15 is 0 Å². The van der Waals surface area contributed by atoms with Crippen LogP contribution < -0.4 is 10.0 Å². The first-order valence-electron chi connectivity index (χ1n) is 4.11. The molecule has 4 heteroatoms. The van der Waals surface area contributed by atoms with Gasteiger partial charge in [0.2, 0.25) is 12.4 Å². The van der Waals surface area contributed by atoms with E-state index in [2.05, 4.69) is 5.32 Å². The quantitative estimate of drug-likeness (QED) is 0.511. The molecule has 0 aliphatic carbocycles. The number of carbonyl (C=O) groups is 1. The van der Waals surface area contributed by atoms with Gasteiger partial charge in [-0.2, -0.15) is 0 Å². The minimum absolute atomic E-state index is 0.0971. The molecule has 0 aliphatic heterocycles. The summed E-state index contributed by atoms with van der Waals surface area (Å²) < 4.78 is 0.856. The highest BCUT2D eigenvalue weighted by Crippen LogP contribution is 1.94. The molecule has 0 saturated heterocycles. The molecular weight excluding hydrogens is 168 g/mol. The second-order valence-electron chi connectivity index (χ2n) is 3.10. The van der Waals surface area contributed by atoms with Gasteiger partial charge in [-0.15, -0.1) is 0 Å². The van der Waals surface area contributed by atoms with Gasteiger partial charge in [0.1, 0.15) is 5.56 Å². The highest BCUT2D eigenvalue weighted by atomic mass is 16.5. The minimum Gasteiger partial charge on any atom is -0.350 e. The fourth-order valence-electron chi connectivity index (χ4n) is 0.943. The third-order valence-electron chi connectivity index (χ3n) is 1.47. The van der Waals surface area contributed by atoms with E-state index in [1.165, 1.54) is 12.4 Å². The molecule has 0 spiro atoms. The van der Waals surface area contributed by atoms with Crippen molar-refractivity contribution < 1.29 is 14.7 Å². The lowest BCUT2D eigenvalue weighted by Gasteiger charge is -2.05. The Balaban J connectivity index is 2.77. The van der Waals surface area contributed by atoms with Gasteiger partial charge in [0.25, 0.3) is 5.91 Å². The predicted octanol–water partition coefficient (Wildman–Crippen LogP) is 0.350. The maximum atomic E-state index is 11.4. The molecule has 13 heavy (non-hydrogen) atoms. The monoisotopic (exact) mass is 181 g/mol. The van der Waals surface area contributed by atoms with Crippen molar-refractivity contribution in [3.05, 3.63) is 30.1 Å². The summed E-state index contributed by atoms with van der Waals surface area (Å²) >= 11 is 0. The summed E-state index contributed by atoms with van der Waals surface area (Å²) in [6.07, 6.45) is 2.81. The number of nitrogens with zero attached hydrogens (tertiary/aromatic N) is 1. The second kappa shape index (κ2) is 3.89. The van der Waals surface area contributed by atoms with Crippen molar-refractivity contribution in [2.24, 2.45) is 0 Å². The Labute approximate surface area is 76.8 Å². The zero-order valence-electron chi connectivity index (χ0n) is 7.69. The number of carbonyl (C=O) groups excluding carboxylic acids is 1. The lowest BCUT2D eigenvalue weighted by atomic mass is 10.2. The van der Waals surface area contributed by atoms with E-state index in [0.29, 0.717) is 5.56 Å². The maximum Gasteiger partial charge on any atom is 0.257 e. The zero-order valence-corrected chi connectivity index (χ0v) is 7.69. The van der Waals surface area contributed by atoms with Crippen LogP contribution in [0.4, 0.5) is 0 Å². The van der Waals surface area contributed by atoms with Crippen LogP contribution in [0.15, 0.2) is 24.5 Å². The van der Waals surface area contributed by atoms with Gasteiger partial charge in [0.15, 0.2) is 0 Å². The minimum atomic E-state index is -0.182. The van der Waals surface area contributed by atoms with Crippen molar-refractivity contribution in [2.75, 3.05) is 0 Å². The standard InChI is InChI=1S/C9H12N2O2/c1-7(2)10-9(12)8-4-3-5-11(13)6-8/h3-7H,1-2H3,(H-,10,12,13)/p+1. The molecule has 1 aromatic rings. The van der Waals surface area contributed by atoms with Crippen LogP contribution in [-0.4, -0.2) is 17.2 Å². The average molecular weight is 181 g/mol. The van der Waals surface area contributed by atoms with Gasteiger partial charge in [0, 0.05) is 16.8 Å². The number of hydrogen-bond donors (Lipinski definition) is 2. The SMILES string of the molecule is CC(C)NC(=O)c1ccc[n+](O)c1. The fourth-order valence-corrected chi connectivity index (χ4v) is 0.943. The van der Waals surface area contributed by atoms with Gasteiger partial charge in [0.05, 0.1) is 0 Å². The number of nitrogens with one attached hydrogen (secondary N) is 1. The summed E-state index contributed by atoms with van der Waals surface area (Å²) in [6.45, 7) is 3.77. The van der Waals surface area contributed by atoms with Gasteiger partial charge in [-0.25, -0.2) is 0 Å². The molecule has 0 atom stereocenters. The smallest absolute Gasteiger partial charge is 0.257 e. The first-order valence-corrected chi connectivity index (χ1v) is 4.11. The molecule has 0 radical (unpaired) electrons. The van der Waals surface area contributed by atoms with Gasteiger partial charge < -0.3 is 5.32 Å². The van der Waals surface area contributed by atoms with Crippen LogP contribution in [0.5, 0.6) is 0 Å². The van der Waals surface area contributed by atoms with Crippen molar-refractivity contribution in [3.63, 3.8) is 0 Å². The maximum absolute atomic E-state index is 11.4. The molecule has 1 heterocycles. The number of aromatic nitrogens is 1. The van der Waals surface area contributed by atoms with Crippen molar-refractivity contribution in [1.29, 1.82) is 0 Å². The van der Waals surface area contributed by atoms with Crippen LogP contribution in [0.25, 0.3) is 0 Å². The molecule has 0 aliphatic rings. The predicted molar refractivity (Wildman–Crippen MR) is 46.4 cm³/mol. The van der Waals surface area contributed by atoms with Crippen LogP contribution in [0, 0.1) is 0 Å². The van der Waals surface area contributed by atoms with Gasteiger partial charge >= 0.3 is 0 Å². The molecule has 4 nitrogen and oxygen atoms in total. The fraction of sp³-hybridized carbons (Fsp3) is 0.333. The third kappa shape index (κ3) is 2.74. The van der Waals surface area contributed by atoms with E-state index in [1.54, 1.807) is 12.1 Å². The van der Waals surface area contributed by atoms with Crippen LogP contribution in [0.1, 0.15) is 24.2 Å². The molecule has 1 amide bonds. The van der Waals surface area contributed by atoms with Crippen LogP contribution in [0.3, 0.4) is 0 Å². The van der Waals surface area contributed by atoms with E-state index in [-0.39, 0.29) is 11.9 Å². The van der Waals surface area contributed by atoms with E-state index in [0.717, 1.165) is 4.73 Å². The molecular formula is C9H13N2O2+. The number of rotatable bonds is 2. The summed E-state index contributed by atoms with van der Waals surface area (Å²) in [4.78, 5) is 11.4. The van der Waals surface area contributed by atoms with Crippen molar-refractivity contribution in [2.45, 2.75) is 19.9 Å². The topological polar surface area (TPSA) is 53.2 Å². The van der Waals surface area contributed by atoms with Crippen LogP contribution in [0.2, 0.25) is 0 Å². The first-order chi connectivity index (χ1) is 6.09. The molecule has 0 fully saturated rings. The summed E-state index contributed by atoms with van der Waals surface area (Å²) in [5.41, 5.74) is 0.443. The first kappa shape index (κ1) is 9.51. The summed E-state index contributed by atoms with van der Waals surface area (Å²) in [5.74, 6) is -0.182. The normalized spacial score (nSPS) is 10.1. The van der Waals surface area contributed by atoms with Crippen molar-refractivity contribution in [1.82, 2.24) is 5.32 Å². The average Bonchev–Trinajstić information content (AvgIpc) is 2.03. The Morgan fingerprint density at radius 1 is 1.62 bits per heavy atom. The molecule has 0 aromatic carbocycles. The van der Waals surface area contributed by atoms with Crippen molar-refractivity contribution >= 4 is 5.91 Å². The number of amides is 1.